The van der Waals surface area contributed by atoms with Gasteiger partial charge in [0.25, 0.3) is 0 Å². The smallest absolute Gasteiger partial charge is 0.203 e. The van der Waals surface area contributed by atoms with Gasteiger partial charge in [0.05, 0.1) is 6.61 Å². The standard InChI is InChI=1S/C13H15F4NO/c14-8-6-9(15)12(17)13(11(8)16)19-5-4-7-2-1-3-10(7)18/h6-7,10H,1-5,18H2. The summed E-state index contributed by atoms with van der Waals surface area (Å²) in [7, 11) is 0. The minimum Gasteiger partial charge on any atom is -0.487 e. The van der Waals surface area contributed by atoms with Crippen LogP contribution >= 0.6 is 0 Å². The summed E-state index contributed by atoms with van der Waals surface area (Å²) in [6.45, 7) is -0.0187. The SMILES string of the molecule is NC1CCCC1CCOc1c(F)c(F)cc(F)c1F. The fourth-order valence-corrected chi connectivity index (χ4v) is 2.41. The zero-order valence-electron chi connectivity index (χ0n) is 10.3. The van der Waals surface area contributed by atoms with E-state index in [-0.39, 0.29) is 24.6 Å². The molecule has 0 heterocycles. The number of halogens is 4. The van der Waals surface area contributed by atoms with E-state index in [1.165, 1.54) is 0 Å². The third kappa shape index (κ3) is 3.00. The highest BCUT2D eigenvalue weighted by molar-refractivity contribution is 5.28. The first-order chi connectivity index (χ1) is 9.00. The zero-order valence-corrected chi connectivity index (χ0v) is 10.3. The number of hydrogen-bond donors (Lipinski definition) is 1. The molecule has 2 nitrogen and oxygen atoms in total. The zero-order chi connectivity index (χ0) is 14.0. The summed E-state index contributed by atoms with van der Waals surface area (Å²) < 4.78 is 57.3. The van der Waals surface area contributed by atoms with Gasteiger partial charge in [-0.15, -0.1) is 0 Å². The first kappa shape index (κ1) is 14.1. The molecule has 1 aliphatic carbocycles. The Labute approximate surface area is 108 Å². The Morgan fingerprint density at radius 1 is 1.11 bits per heavy atom. The van der Waals surface area contributed by atoms with Crippen LogP contribution in [0.5, 0.6) is 5.75 Å². The van der Waals surface area contributed by atoms with E-state index in [9.17, 15) is 17.6 Å². The van der Waals surface area contributed by atoms with Crippen molar-refractivity contribution in [3.05, 3.63) is 29.3 Å². The molecular weight excluding hydrogens is 262 g/mol. The lowest BCUT2D eigenvalue weighted by Crippen LogP contribution is -2.25. The molecule has 1 saturated carbocycles. The maximum Gasteiger partial charge on any atom is 0.203 e. The Bertz CT molecular complexity index is 440. The minimum absolute atomic E-state index is 0.0187. The van der Waals surface area contributed by atoms with Crippen molar-refractivity contribution in [3.8, 4) is 5.75 Å². The molecule has 0 amide bonds. The maximum atomic E-state index is 13.3. The van der Waals surface area contributed by atoms with E-state index < -0.39 is 29.0 Å². The molecule has 1 aromatic carbocycles. The number of ether oxygens (including phenoxy) is 1. The molecule has 1 aliphatic rings. The van der Waals surface area contributed by atoms with Crippen LogP contribution in [0.15, 0.2) is 6.07 Å². The van der Waals surface area contributed by atoms with Gasteiger partial charge in [-0.1, -0.05) is 6.42 Å². The molecule has 106 valence electrons. The highest BCUT2D eigenvalue weighted by atomic mass is 19.2. The number of hydrogen-bond acceptors (Lipinski definition) is 2. The molecule has 0 radical (unpaired) electrons. The average molecular weight is 277 g/mol. The number of benzene rings is 1. The molecule has 1 aromatic rings. The molecule has 6 heteroatoms. The van der Waals surface area contributed by atoms with Gasteiger partial charge in [-0.3, -0.25) is 0 Å². The fourth-order valence-electron chi connectivity index (χ4n) is 2.41. The predicted molar refractivity (Wildman–Crippen MR) is 61.7 cm³/mol. The van der Waals surface area contributed by atoms with Crippen molar-refractivity contribution in [1.29, 1.82) is 0 Å². The quantitative estimate of drug-likeness (QED) is 0.678. The molecule has 0 aromatic heterocycles. The summed E-state index contributed by atoms with van der Waals surface area (Å²) in [6, 6.07) is 0.215. The van der Waals surface area contributed by atoms with Crippen LogP contribution in [0.1, 0.15) is 25.7 Å². The van der Waals surface area contributed by atoms with E-state index in [1.54, 1.807) is 0 Å². The lowest BCUT2D eigenvalue weighted by molar-refractivity contribution is 0.241. The van der Waals surface area contributed by atoms with Crippen LogP contribution in [0, 0.1) is 29.2 Å². The highest BCUT2D eigenvalue weighted by Crippen LogP contribution is 2.29. The van der Waals surface area contributed by atoms with Crippen LogP contribution in [-0.4, -0.2) is 12.6 Å². The van der Waals surface area contributed by atoms with Gasteiger partial charge < -0.3 is 10.5 Å². The van der Waals surface area contributed by atoms with Gasteiger partial charge in [0.1, 0.15) is 0 Å². The van der Waals surface area contributed by atoms with Gasteiger partial charge in [-0.25, -0.2) is 8.78 Å². The van der Waals surface area contributed by atoms with Crippen molar-refractivity contribution in [3.63, 3.8) is 0 Å². The van der Waals surface area contributed by atoms with Gasteiger partial charge in [0.2, 0.25) is 11.6 Å². The first-order valence-corrected chi connectivity index (χ1v) is 6.22. The molecule has 2 rings (SSSR count). The molecule has 0 saturated heterocycles. The first-order valence-electron chi connectivity index (χ1n) is 6.22. The van der Waals surface area contributed by atoms with Gasteiger partial charge in [-0.05, 0) is 25.2 Å². The van der Waals surface area contributed by atoms with Crippen molar-refractivity contribution in [2.75, 3.05) is 6.61 Å². The van der Waals surface area contributed by atoms with Gasteiger partial charge in [0.15, 0.2) is 17.4 Å². The molecule has 2 N–H and O–H groups in total. The van der Waals surface area contributed by atoms with Gasteiger partial charge >= 0.3 is 0 Å². The molecule has 0 spiro atoms. The summed E-state index contributed by atoms with van der Waals surface area (Å²) in [5.41, 5.74) is 5.84. The van der Waals surface area contributed by atoms with Crippen molar-refractivity contribution >= 4 is 0 Å². The van der Waals surface area contributed by atoms with Gasteiger partial charge in [0, 0.05) is 12.1 Å². The molecule has 19 heavy (non-hydrogen) atoms. The van der Waals surface area contributed by atoms with Crippen LogP contribution in [0.25, 0.3) is 0 Å². The second-order valence-corrected chi connectivity index (χ2v) is 4.79. The minimum atomic E-state index is -1.50. The topological polar surface area (TPSA) is 35.2 Å². The normalized spacial score (nSPS) is 22.8. The third-order valence-corrected chi connectivity index (χ3v) is 3.52. The lowest BCUT2D eigenvalue weighted by Gasteiger charge is -2.16. The molecule has 2 unspecified atom stereocenters. The number of nitrogens with two attached hydrogens (primary N) is 1. The van der Waals surface area contributed by atoms with Gasteiger partial charge in [-0.2, -0.15) is 8.78 Å². The Kier molecular flexibility index (Phi) is 4.29. The van der Waals surface area contributed by atoms with Crippen LogP contribution < -0.4 is 10.5 Å². The van der Waals surface area contributed by atoms with Crippen LogP contribution in [-0.2, 0) is 0 Å². The van der Waals surface area contributed by atoms with E-state index in [0.717, 1.165) is 19.3 Å². The predicted octanol–water partition coefficient (Wildman–Crippen LogP) is 3.14. The summed E-state index contributed by atoms with van der Waals surface area (Å²) in [6.07, 6.45) is 3.39. The fraction of sp³-hybridized carbons (Fsp3) is 0.538. The summed E-state index contributed by atoms with van der Waals surface area (Å²) >= 11 is 0. The van der Waals surface area contributed by atoms with Crippen molar-refractivity contribution in [2.45, 2.75) is 31.7 Å². The largest absolute Gasteiger partial charge is 0.487 e. The average Bonchev–Trinajstić information content (AvgIpc) is 2.77. The summed E-state index contributed by atoms with van der Waals surface area (Å²) in [4.78, 5) is 0. The molecule has 0 bridgehead atoms. The van der Waals surface area contributed by atoms with Crippen molar-refractivity contribution in [2.24, 2.45) is 11.7 Å². The Morgan fingerprint density at radius 3 is 2.26 bits per heavy atom. The number of rotatable bonds is 4. The van der Waals surface area contributed by atoms with E-state index in [4.69, 9.17) is 10.5 Å². The molecular formula is C13H15F4NO. The van der Waals surface area contributed by atoms with Crippen LogP contribution in [0.2, 0.25) is 0 Å². The molecule has 2 atom stereocenters. The second-order valence-electron chi connectivity index (χ2n) is 4.79. The molecule has 1 fully saturated rings. The van der Waals surface area contributed by atoms with E-state index in [2.05, 4.69) is 0 Å². The monoisotopic (exact) mass is 277 g/mol. The third-order valence-electron chi connectivity index (χ3n) is 3.52. The maximum absolute atomic E-state index is 13.3. The van der Waals surface area contributed by atoms with E-state index in [1.807, 2.05) is 0 Å². The Morgan fingerprint density at radius 2 is 1.74 bits per heavy atom. The van der Waals surface area contributed by atoms with E-state index >= 15 is 0 Å². The van der Waals surface area contributed by atoms with E-state index in [0.29, 0.717) is 6.42 Å². The van der Waals surface area contributed by atoms with Crippen LogP contribution in [0.4, 0.5) is 17.6 Å². The summed E-state index contributed by atoms with van der Waals surface area (Å²) in [5.74, 6) is -6.71. The van der Waals surface area contributed by atoms with Crippen LogP contribution in [0.3, 0.4) is 0 Å². The van der Waals surface area contributed by atoms with Crippen molar-refractivity contribution < 1.29 is 22.3 Å². The Balaban J connectivity index is 1.99. The molecule has 0 aliphatic heterocycles. The Hall–Kier alpha value is -1.30. The summed E-state index contributed by atoms with van der Waals surface area (Å²) in [5, 5.41) is 0. The lowest BCUT2D eigenvalue weighted by atomic mass is 10.0. The van der Waals surface area contributed by atoms with Crippen molar-refractivity contribution in [1.82, 2.24) is 0 Å². The second kappa shape index (κ2) is 5.77. The highest BCUT2D eigenvalue weighted by Gasteiger charge is 2.25.